The first-order chi connectivity index (χ1) is 14.9. The van der Waals surface area contributed by atoms with Crippen molar-refractivity contribution in [1.82, 2.24) is 0 Å². The van der Waals surface area contributed by atoms with Gasteiger partial charge in [0.15, 0.2) is 0 Å². The molecule has 0 aromatic heterocycles. The Bertz CT molecular complexity index is 1120. The van der Waals surface area contributed by atoms with Gasteiger partial charge in [0, 0.05) is 12.6 Å². The average Bonchev–Trinajstić information content (AvgIpc) is 2.73. The molecule has 1 atom stereocenters. The number of rotatable bonds is 6. The van der Waals surface area contributed by atoms with E-state index in [0.717, 1.165) is 37.5 Å². The van der Waals surface area contributed by atoms with E-state index in [2.05, 4.69) is 4.72 Å². The zero-order valence-electron chi connectivity index (χ0n) is 17.4. The van der Waals surface area contributed by atoms with E-state index < -0.39 is 32.6 Å². The number of nitrogens with one attached hydrogen (secondary N) is 1. The lowest BCUT2D eigenvalue weighted by Gasteiger charge is -2.36. The molecule has 0 aliphatic carbocycles. The number of carboxylic acid groups (broad SMARTS) is 1. The summed E-state index contributed by atoms with van der Waals surface area (Å²) < 4.78 is 73.7. The second-order valence-electron chi connectivity index (χ2n) is 7.54. The molecule has 32 heavy (non-hydrogen) atoms. The topological polar surface area (TPSA) is 95.9 Å². The maximum Gasteiger partial charge on any atom is 0.416 e. The minimum atomic E-state index is -4.67. The fourth-order valence-corrected chi connectivity index (χ4v) is 4.98. The molecule has 0 radical (unpaired) electrons. The van der Waals surface area contributed by atoms with Crippen LogP contribution in [0.1, 0.15) is 42.1 Å². The van der Waals surface area contributed by atoms with Crippen LogP contribution < -0.4 is 14.4 Å². The molecule has 0 spiro atoms. The minimum Gasteiger partial charge on any atom is -0.495 e. The van der Waals surface area contributed by atoms with Crippen LogP contribution >= 0.6 is 0 Å². The standard InChI is InChI=1S/C21H23F3N2O5S/c1-13-5-3-4-10-26(13)17-8-7-15(21(22,23)24)12-16(17)25-32(29,30)19-11-14(20(27)28)6-9-18(19)31-2/h6-9,11-13,25H,3-5,10H2,1-2H3,(H,27,28)/t13-/m0/s1. The largest absolute Gasteiger partial charge is 0.495 e. The molecule has 3 rings (SSSR count). The normalized spacial score (nSPS) is 17.2. The Morgan fingerprint density at radius 2 is 1.91 bits per heavy atom. The third kappa shape index (κ3) is 4.93. The van der Waals surface area contributed by atoms with Crippen LogP contribution in [0.2, 0.25) is 0 Å². The highest BCUT2D eigenvalue weighted by Crippen LogP contribution is 2.39. The summed E-state index contributed by atoms with van der Waals surface area (Å²) in [4.78, 5) is 12.7. The molecule has 1 fully saturated rings. The maximum atomic E-state index is 13.4. The summed E-state index contributed by atoms with van der Waals surface area (Å²) in [7, 11) is -3.28. The van der Waals surface area contributed by atoms with E-state index in [1.165, 1.54) is 25.3 Å². The van der Waals surface area contributed by atoms with Gasteiger partial charge in [0.05, 0.1) is 29.6 Å². The second kappa shape index (κ2) is 8.89. The minimum absolute atomic E-state index is 0.00798. The first-order valence-electron chi connectivity index (χ1n) is 9.86. The molecule has 0 amide bonds. The van der Waals surface area contributed by atoms with Crippen LogP contribution in [0.3, 0.4) is 0 Å². The van der Waals surface area contributed by atoms with Gasteiger partial charge < -0.3 is 14.7 Å². The van der Waals surface area contributed by atoms with Gasteiger partial charge in [0.2, 0.25) is 0 Å². The monoisotopic (exact) mass is 472 g/mol. The molecule has 1 aliphatic heterocycles. The van der Waals surface area contributed by atoms with Gasteiger partial charge in [-0.2, -0.15) is 13.2 Å². The average molecular weight is 472 g/mol. The van der Waals surface area contributed by atoms with Crippen LogP contribution in [-0.2, 0) is 16.2 Å². The quantitative estimate of drug-likeness (QED) is 0.639. The Kier molecular flexibility index (Phi) is 6.59. The summed E-state index contributed by atoms with van der Waals surface area (Å²) in [6.07, 6.45) is -2.06. The predicted octanol–water partition coefficient (Wildman–Crippen LogP) is 4.59. The number of piperidine rings is 1. The molecule has 0 saturated carbocycles. The van der Waals surface area contributed by atoms with Crippen molar-refractivity contribution in [2.24, 2.45) is 0 Å². The number of hydrogen-bond donors (Lipinski definition) is 2. The van der Waals surface area contributed by atoms with Crippen LogP contribution in [-0.4, -0.2) is 39.2 Å². The van der Waals surface area contributed by atoms with Crippen molar-refractivity contribution >= 4 is 27.4 Å². The van der Waals surface area contributed by atoms with E-state index in [9.17, 15) is 31.5 Å². The van der Waals surface area contributed by atoms with Gasteiger partial charge in [-0.3, -0.25) is 4.72 Å². The highest BCUT2D eigenvalue weighted by Gasteiger charge is 2.33. The SMILES string of the molecule is COc1ccc(C(=O)O)cc1S(=O)(=O)Nc1cc(C(F)(F)F)ccc1N1CCCC[C@@H]1C. The van der Waals surface area contributed by atoms with Crippen molar-refractivity contribution in [3.63, 3.8) is 0 Å². The van der Waals surface area contributed by atoms with Crippen LogP contribution in [0.4, 0.5) is 24.5 Å². The predicted molar refractivity (Wildman–Crippen MR) is 113 cm³/mol. The smallest absolute Gasteiger partial charge is 0.416 e. The Hall–Kier alpha value is -2.95. The number of sulfonamides is 1. The van der Waals surface area contributed by atoms with Crippen molar-refractivity contribution in [2.45, 2.75) is 43.3 Å². The fraction of sp³-hybridized carbons (Fsp3) is 0.381. The van der Waals surface area contributed by atoms with Gasteiger partial charge in [-0.1, -0.05) is 0 Å². The molecule has 0 unspecified atom stereocenters. The molecule has 1 heterocycles. The van der Waals surface area contributed by atoms with E-state index in [1.807, 2.05) is 11.8 Å². The van der Waals surface area contributed by atoms with Crippen molar-refractivity contribution in [2.75, 3.05) is 23.3 Å². The number of benzene rings is 2. The molecule has 7 nitrogen and oxygen atoms in total. The van der Waals surface area contributed by atoms with E-state index in [1.54, 1.807) is 0 Å². The first kappa shape index (κ1) is 23.7. The summed E-state index contributed by atoms with van der Waals surface area (Å²) in [6.45, 7) is 2.49. The summed E-state index contributed by atoms with van der Waals surface area (Å²) >= 11 is 0. The Balaban J connectivity index is 2.12. The molecule has 1 aliphatic rings. The number of ether oxygens (including phenoxy) is 1. The third-order valence-corrected chi connectivity index (χ3v) is 6.77. The number of alkyl halides is 3. The molecule has 174 valence electrons. The van der Waals surface area contributed by atoms with Crippen molar-refractivity contribution in [3.05, 3.63) is 47.5 Å². The number of halogens is 3. The zero-order chi connectivity index (χ0) is 23.7. The molecule has 2 aromatic rings. The molecular weight excluding hydrogens is 449 g/mol. The third-order valence-electron chi connectivity index (χ3n) is 5.38. The van der Waals surface area contributed by atoms with Gasteiger partial charge in [-0.05, 0) is 62.6 Å². The second-order valence-corrected chi connectivity index (χ2v) is 9.19. The van der Waals surface area contributed by atoms with Gasteiger partial charge in [-0.15, -0.1) is 0 Å². The number of anilines is 2. The lowest BCUT2D eigenvalue weighted by molar-refractivity contribution is -0.137. The number of carboxylic acids is 1. The van der Waals surface area contributed by atoms with Crippen LogP contribution in [0.5, 0.6) is 5.75 Å². The van der Waals surface area contributed by atoms with Gasteiger partial charge in [0.1, 0.15) is 10.6 Å². The number of hydrogen-bond acceptors (Lipinski definition) is 5. The van der Waals surface area contributed by atoms with Gasteiger partial charge in [0.25, 0.3) is 10.0 Å². The van der Waals surface area contributed by atoms with E-state index in [-0.39, 0.29) is 23.0 Å². The van der Waals surface area contributed by atoms with Crippen molar-refractivity contribution in [1.29, 1.82) is 0 Å². The number of carbonyl (C=O) groups is 1. The van der Waals surface area contributed by atoms with E-state index in [0.29, 0.717) is 12.2 Å². The zero-order valence-corrected chi connectivity index (χ0v) is 18.3. The first-order valence-corrected chi connectivity index (χ1v) is 11.3. The maximum absolute atomic E-state index is 13.4. The van der Waals surface area contributed by atoms with Crippen LogP contribution in [0.15, 0.2) is 41.3 Å². The number of aromatic carboxylic acids is 1. The lowest BCUT2D eigenvalue weighted by atomic mass is 10.0. The van der Waals surface area contributed by atoms with E-state index in [4.69, 9.17) is 4.74 Å². The van der Waals surface area contributed by atoms with Crippen LogP contribution in [0.25, 0.3) is 0 Å². The summed E-state index contributed by atoms with van der Waals surface area (Å²) in [5, 5.41) is 9.21. The molecule has 11 heteroatoms. The fourth-order valence-electron chi connectivity index (χ4n) is 3.72. The Labute approximate surface area is 183 Å². The van der Waals surface area contributed by atoms with Crippen LogP contribution in [0, 0.1) is 0 Å². The summed E-state index contributed by atoms with van der Waals surface area (Å²) in [5.41, 5.74) is -1.23. The lowest BCUT2D eigenvalue weighted by Crippen LogP contribution is -2.38. The molecule has 2 aromatic carbocycles. The summed E-state index contributed by atoms with van der Waals surface area (Å²) in [5.74, 6) is -1.49. The number of methoxy groups -OCH3 is 1. The van der Waals surface area contributed by atoms with E-state index >= 15 is 0 Å². The van der Waals surface area contributed by atoms with Gasteiger partial charge in [-0.25, -0.2) is 13.2 Å². The Morgan fingerprint density at radius 1 is 1.19 bits per heavy atom. The summed E-state index contributed by atoms with van der Waals surface area (Å²) in [6, 6.07) is 6.19. The van der Waals surface area contributed by atoms with Gasteiger partial charge >= 0.3 is 12.1 Å². The highest BCUT2D eigenvalue weighted by molar-refractivity contribution is 7.92. The van der Waals surface area contributed by atoms with Crippen molar-refractivity contribution < 1.29 is 36.2 Å². The Morgan fingerprint density at radius 3 is 2.50 bits per heavy atom. The molecule has 0 bridgehead atoms. The highest BCUT2D eigenvalue weighted by atomic mass is 32.2. The molecule has 2 N–H and O–H groups in total. The molecule has 1 saturated heterocycles. The molecular formula is C21H23F3N2O5S. The number of nitrogens with zero attached hydrogens (tertiary/aromatic N) is 1. The van der Waals surface area contributed by atoms with Crippen molar-refractivity contribution in [3.8, 4) is 5.75 Å².